The highest BCUT2D eigenvalue weighted by atomic mass is 79.9. The van der Waals surface area contributed by atoms with Crippen molar-refractivity contribution in [2.24, 2.45) is 5.10 Å². The second-order valence-corrected chi connectivity index (χ2v) is 9.90. The third kappa shape index (κ3) is 5.35. The maximum atomic E-state index is 13.5. The average molecular weight is 570 g/mol. The molecule has 190 valence electrons. The number of carbonyl (C=O) groups excluding carboxylic acids is 1. The number of nitrogens with one attached hydrogen (secondary N) is 1. The normalized spacial score (nSPS) is 15.2. The second kappa shape index (κ2) is 11.0. The number of halogens is 1. The lowest BCUT2D eigenvalue weighted by atomic mass is 9.92. The van der Waals surface area contributed by atoms with Crippen molar-refractivity contribution in [1.29, 1.82) is 0 Å². The largest absolute Gasteiger partial charge is 0.481 e. The van der Waals surface area contributed by atoms with Gasteiger partial charge in [-0.2, -0.15) is 5.10 Å². The monoisotopic (exact) mass is 569 g/mol. The molecule has 1 aliphatic heterocycles. The van der Waals surface area contributed by atoms with E-state index < -0.39 is 17.9 Å². The van der Waals surface area contributed by atoms with Crippen LogP contribution in [0.5, 0.6) is 0 Å². The standard InChI is InChI=1S/C30H24BrN3O4/c31-21-12-14-24-23(17-21)28(20-9-5-2-6-10-20)29(30(38)32-24)25-18-22(13-11-19-7-3-1-4-8-19)34(33-25)26(35)15-16-27(36)37/h1-14,17,22H,15-16,18H2,(H,32,38)(H,36,37)/b13-11+. The van der Waals surface area contributed by atoms with Crippen molar-refractivity contribution in [3.05, 3.63) is 111 Å². The Kier molecular flexibility index (Phi) is 7.33. The third-order valence-corrected chi connectivity index (χ3v) is 6.88. The predicted molar refractivity (Wildman–Crippen MR) is 152 cm³/mol. The Morgan fingerprint density at radius 1 is 1.00 bits per heavy atom. The van der Waals surface area contributed by atoms with Gasteiger partial charge in [-0.05, 0) is 29.3 Å². The first-order chi connectivity index (χ1) is 18.4. The summed E-state index contributed by atoms with van der Waals surface area (Å²) in [5.74, 6) is -1.47. The smallest absolute Gasteiger partial charge is 0.303 e. The van der Waals surface area contributed by atoms with Gasteiger partial charge in [0, 0.05) is 33.8 Å². The van der Waals surface area contributed by atoms with Crippen LogP contribution in [0.4, 0.5) is 0 Å². The van der Waals surface area contributed by atoms with Gasteiger partial charge < -0.3 is 10.1 Å². The highest BCUT2D eigenvalue weighted by molar-refractivity contribution is 9.10. The van der Waals surface area contributed by atoms with Gasteiger partial charge in [-0.15, -0.1) is 0 Å². The van der Waals surface area contributed by atoms with Gasteiger partial charge in [0.2, 0.25) is 5.91 Å². The Hall–Kier alpha value is -4.30. The zero-order chi connectivity index (χ0) is 26.6. The fourth-order valence-corrected chi connectivity index (χ4v) is 4.99. The number of aliphatic carboxylic acids is 1. The van der Waals surface area contributed by atoms with E-state index in [2.05, 4.69) is 26.0 Å². The molecule has 8 heteroatoms. The summed E-state index contributed by atoms with van der Waals surface area (Å²) in [5.41, 5.74) is 3.79. The number of benzene rings is 3. The molecule has 1 atom stereocenters. The average Bonchev–Trinajstić information content (AvgIpc) is 3.35. The second-order valence-electron chi connectivity index (χ2n) is 8.98. The minimum atomic E-state index is -1.05. The van der Waals surface area contributed by atoms with Crippen molar-refractivity contribution < 1.29 is 14.7 Å². The number of rotatable bonds is 7. The van der Waals surface area contributed by atoms with Gasteiger partial charge in [0.15, 0.2) is 0 Å². The van der Waals surface area contributed by atoms with Crippen LogP contribution in [0.3, 0.4) is 0 Å². The van der Waals surface area contributed by atoms with Crippen LogP contribution in [0.15, 0.2) is 99.3 Å². The quantitative estimate of drug-likeness (QED) is 0.292. The van der Waals surface area contributed by atoms with E-state index in [1.165, 1.54) is 5.01 Å². The molecule has 1 aromatic heterocycles. The van der Waals surface area contributed by atoms with Crippen LogP contribution in [-0.2, 0) is 9.59 Å². The summed E-state index contributed by atoms with van der Waals surface area (Å²) in [5, 5.41) is 15.9. The van der Waals surface area contributed by atoms with E-state index in [9.17, 15) is 14.4 Å². The highest BCUT2D eigenvalue weighted by Gasteiger charge is 2.33. The van der Waals surface area contributed by atoms with Gasteiger partial charge in [0.25, 0.3) is 5.56 Å². The van der Waals surface area contributed by atoms with Crippen molar-refractivity contribution in [1.82, 2.24) is 9.99 Å². The van der Waals surface area contributed by atoms with E-state index in [1.54, 1.807) is 0 Å². The Morgan fingerprint density at radius 2 is 1.71 bits per heavy atom. The van der Waals surface area contributed by atoms with Crippen molar-refractivity contribution in [3.63, 3.8) is 0 Å². The van der Waals surface area contributed by atoms with Crippen LogP contribution in [0.2, 0.25) is 0 Å². The number of carboxylic acids is 1. The molecule has 2 N–H and O–H groups in total. The SMILES string of the molecule is O=C(O)CCC(=O)N1N=C(c2c(-c3ccccc3)c3cc(Br)ccc3[nH]c2=O)CC1/C=C/c1ccccc1. The number of carboxylic acid groups (broad SMARTS) is 1. The van der Waals surface area contributed by atoms with E-state index in [1.807, 2.05) is 91.0 Å². The van der Waals surface area contributed by atoms with Crippen LogP contribution in [0.25, 0.3) is 28.1 Å². The molecule has 2 heterocycles. The molecule has 0 radical (unpaired) electrons. The molecule has 0 saturated carbocycles. The fourth-order valence-electron chi connectivity index (χ4n) is 4.63. The van der Waals surface area contributed by atoms with E-state index >= 15 is 0 Å². The van der Waals surface area contributed by atoms with E-state index in [4.69, 9.17) is 5.11 Å². The summed E-state index contributed by atoms with van der Waals surface area (Å²) in [6.45, 7) is 0. The number of aromatic nitrogens is 1. The topological polar surface area (TPSA) is 103 Å². The molecule has 0 fully saturated rings. The number of H-pyrrole nitrogens is 1. The number of pyridine rings is 1. The van der Waals surface area contributed by atoms with Crippen molar-refractivity contribution in [3.8, 4) is 11.1 Å². The summed E-state index contributed by atoms with van der Waals surface area (Å²) < 4.78 is 0.864. The first-order valence-electron chi connectivity index (χ1n) is 12.2. The molecule has 0 aliphatic carbocycles. The highest BCUT2D eigenvalue weighted by Crippen LogP contribution is 2.34. The molecular formula is C30H24BrN3O4. The first-order valence-corrected chi connectivity index (χ1v) is 13.0. The van der Waals surface area contributed by atoms with Crippen LogP contribution < -0.4 is 5.56 Å². The van der Waals surface area contributed by atoms with Crippen LogP contribution in [0.1, 0.15) is 30.4 Å². The Morgan fingerprint density at radius 3 is 2.42 bits per heavy atom. The number of nitrogens with zero attached hydrogens (tertiary/aromatic N) is 2. The van der Waals surface area contributed by atoms with Crippen molar-refractivity contribution in [2.45, 2.75) is 25.3 Å². The number of hydrazone groups is 1. The molecule has 0 saturated heterocycles. The zero-order valence-corrected chi connectivity index (χ0v) is 21.9. The molecule has 0 spiro atoms. The number of fused-ring (bicyclic) bond motifs is 1. The number of hydrogen-bond donors (Lipinski definition) is 2. The van der Waals surface area contributed by atoms with Crippen molar-refractivity contribution in [2.75, 3.05) is 0 Å². The number of aromatic amines is 1. The van der Waals surface area contributed by atoms with E-state index in [-0.39, 0.29) is 18.4 Å². The maximum Gasteiger partial charge on any atom is 0.303 e. The summed E-state index contributed by atoms with van der Waals surface area (Å²) in [6, 6.07) is 24.5. The lowest BCUT2D eigenvalue weighted by molar-refractivity contribution is -0.141. The third-order valence-electron chi connectivity index (χ3n) is 6.39. The van der Waals surface area contributed by atoms with Gasteiger partial charge in [-0.1, -0.05) is 88.7 Å². The number of amides is 1. The minimum absolute atomic E-state index is 0.186. The van der Waals surface area contributed by atoms with E-state index in [0.29, 0.717) is 23.2 Å². The maximum absolute atomic E-state index is 13.5. The molecular weight excluding hydrogens is 546 g/mol. The van der Waals surface area contributed by atoms with E-state index in [0.717, 1.165) is 26.5 Å². The molecule has 3 aromatic carbocycles. The molecule has 0 bridgehead atoms. The fraction of sp³-hybridized carbons (Fsp3) is 0.133. The van der Waals surface area contributed by atoms with Gasteiger partial charge >= 0.3 is 5.97 Å². The molecule has 7 nitrogen and oxygen atoms in total. The lowest BCUT2D eigenvalue weighted by Crippen LogP contribution is -2.31. The van der Waals surface area contributed by atoms with Crippen LogP contribution in [0, 0.1) is 0 Å². The summed E-state index contributed by atoms with van der Waals surface area (Å²) in [7, 11) is 0. The van der Waals surface area contributed by atoms with Crippen LogP contribution in [-0.4, -0.2) is 38.7 Å². The minimum Gasteiger partial charge on any atom is -0.481 e. The Bertz CT molecular complexity index is 1630. The van der Waals surface area contributed by atoms with Crippen molar-refractivity contribution >= 4 is 50.5 Å². The molecule has 1 unspecified atom stereocenters. The van der Waals surface area contributed by atoms with Gasteiger partial charge in [0.1, 0.15) is 0 Å². The molecule has 5 rings (SSSR count). The number of hydrogen-bond acceptors (Lipinski definition) is 4. The molecule has 4 aromatic rings. The number of carbonyl (C=O) groups is 2. The van der Waals surface area contributed by atoms with Gasteiger partial charge in [0.05, 0.1) is 23.7 Å². The summed E-state index contributed by atoms with van der Waals surface area (Å²) in [6.07, 6.45) is 3.60. The molecule has 1 amide bonds. The summed E-state index contributed by atoms with van der Waals surface area (Å²) in [4.78, 5) is 40.7. The van der Waals surface area contributed by atoms with Gasteiger partial charge in [-0.25, -0.2) is 5.01 Å². The first kappa shape index (κ1) is 25.4. The van der Waals surface area contributed by atoms with Crippen LogP contribution >= 0.6 is 15.9 Å². The van der Waals surface area contributed by atoms with Gasteiger partial charge in [-0.3, -0.25) is 14.4 Å². The Labute approximate surface area is 227 Å². The molecule has 38 heavy (non-hydrogen) atoms. The summed E-state index contributed by atoms with van der Waals surface area (Å²) >= 11 is 3.54. The predicted octanol–water partition coefficient (Wildman–Crippen LogP) is 5.84. The zero-order valence-electron chi connectivity index (χ0n) is 20.3. The Balaban J connectivity index is 1.64. The molecule has 1 aliphatic rings. The lowest BCUT2D eigenvalue weighted by Gasteiger charge is -2.18.